The summed E-state index contributed by atoms with van der Waals surface area (Å²) in [6, 6.07) is 5.85. The molecule has 0 amide bonds. The summed E-state index contributed by atoms with van der Waals surface area (Å²) < 4.78 is 10.8. The summed E-state index contributed by atoms with van der Waals surface area (Å²) in [5, 5.41) is 18.1. The van der Waals surface area contributed by atoms with Crippen LogP contribution in [0.15, 0.2) is 50.2 Å². The number of nitrogens with one attached hydrogen (secondary N) is 1. The van der Waals surface area contributed by atoms with Crippen LogP contribution in [0.2, 0.25) is 0 Å². The molecule has 1 aliphatic heterocycles. The monoisotopic (exact) mass is 452 g/mol. The molecule has 1 saturated heterocycles. The van der Waals surface area contributed by atoms with Gasteiger partial charge in [-0.2, -0.15) is 10.1 Å². The van der Waals surface area contributed by atoms with Crippen LogP contribution in [0.4, 0.5) is 17.5 Å². The lowest BCUT2D eigenvalue weighted by molar-refractivity contribution is -0.384. The van der Waals surface area contributed by atoms with E-state index in [1.54, 1.807) is 0 Å². The molecule has 0 unspecified atom stereocenters. The fourth-order valence-corrected chi connectivity index (χ4v) is 4.16. The van der Waals surface area contributed by atoms with Gasteiger partial charge in [-0.25, -0.2) is 10.4 Å². The average molecular weight is 452 g/mol. The smallest absolute Gasteiger partial charge is 0.270 e. The first-order chi connectivity index (χ1) is 15.6. The summed E-state index contributed by atoms with van der Waals surface area (Å²) in [6.45, 7) is 2.72. The highest BCUT2D eigenvalue weighted by Gasteiger charge is 2.18. The summed E-state index contributed by atoms with van der Waals surface area (Å²) in [5.41, 5.74) is 2.54. The molecule has 0 bridgehead atoms. The van der Waals surface area contributed by atoms with E-state index in [1.165, 1.54) is 42.0 Å². The quantitative estimate of drug-likeness (QED) is 0.275. The fourth-order valence-electron chi connectivity index (χ4n) is 3.40. The number of nitrogens with zero attached hydrogens (tertiary/aromatic N) is 5. The van der Waals surface area contributed by atoms with Gasteiger partial charge in [-0.1, -0.05) is 0 Å². The minimum absolute atomic E-state index is 0.106. The number of ether oxygens (including phenoxy) is 1. The first kappa shape index (κ1) is 20.0. The van der Waals surface area contributed by atoms with E-state index >= 15 is 0 Å². The van der Waals surface area contributed by atoms with Crippen LogP contribution in [0, 0.1) is 10.1 Å². The van der Waals surface area contributed by atoms with E-state index < -0.39 is 10.4 Å². The maximum Gasteiger partial charge on any atom is 0.270 e. The van der Waals surface area contributed by atoms with E-state index in [9.17, 15) is 14.9 Å². The summed E-state index contributed by atoms with van der Waals surface area (Å²) in [4.78, 5) is 35.2. The third kappa shape index (κ3) is 3.76. The topological polar surface area (TPSA) is 136 Å². The van der Waals surface area contributed by atoms with E-state index in [0.717, 1.165) is 29.1 Å². The van der Waals surface area contributed by atoms with Gasteiger partial charge in [-0.3, -0.25) is 14.9 Å². The number of aromatic nitrogens is 2. The SMILES string of the molecule is O=c1c(/C=N/Nc2nc(N3CCOCC3)c3ccsc3n2)coc2ccc([N+](=O)[O-])cc12. The summed E-state index contributed by atoms with van der Waals surface area (Å²) >= 11 is 1.50. The molecule has 32 heavy (non-hydrogen) atoms. The fraction of sp³-hybridized carbons (Fsp3) is 0.200. The molecule has 1 aromatic carbocycles. The zero-order valence-electron chi connectivity index (χ0n) is 16.6. The minimum Gasteiger partial charge on any atom is -0.463 e. The van der Waals surface area contributed by atoms with Gasteiger partial charge in [0.05, 0.1) is 40.7 Å². The molecule has 5 rings (SSSR count). The minimum atomic E-state index is -0.564. The number of benzene rings is 1. The molecule has 0 radical (unpaired) electrons. The molecular formula is C20H16N6O5S. The molecule has 4 aromatic rings. The Balaban J connectivity index is 1.43. The van der Waals surface area contributed by atoms with Crippen LogP contribution in [-0.4, -0.2) is 47.4 Å². The molecule has 1 fully saturated rings. The first-order valence-electron chi connectivity index (χ1n) is 9.67. The van der Waals surface area contributed by atoms with Gasteiger partial charge in [0.15, 0.2) is 0 Å². The maximum absolute atomic E-state index is 12.7. The van der Waals surface area contributed by atoms with Crippen LogP contribution in [0.3, 0.4) is 0 Å². The predicted octanol–water partition coefficient (Wildman–Crippen LogP) is 2.99. The van der Waals surface area contributed by atoms with Gasteiger partial charge < -0.3 is 14.1 Å². The molecule has 0 spiro atoms. The van der Waals surface area contributed by atoms with Gasteiger partial charge in [0.2, 0.25) is 11.4 Å². The van der Waals surface area contributed by atoms with Gasteiger partial charge in [-0.05, 0) is 17.5 Å². The number of nitro groups is 1. The molecule has 0 saturated carbocycles. The van der Waals surface area contributed by atoms with E-state index in [2.05, 4.69) is 25.4 Å². The van der Waals surface area contributed by atoms with E-state index in [0.29, 0.717) is 19.2 Å². The highest BCUT2D eigenvalue weighted by Crippen LogP contribution is 2.29. The van der Waals surface area contributed by atoms with Crippen molar-refractivity contribution in [2.75, 3.05) is 36.6 Å². The zero-order valence-corrected chi connectivity index (χ0v) is 17.4. The van der Waals surface area contributed by atoms with E-state index in [1.807, 2.05) is 11.4 Å². The molecule has 11 nitrogen and oxygen atoms in total. The van der Waals surface area contributed by atoms with Crippen LogP contribution in [0.1, 0.15) is 5.56 Å². The molecule has 4 heterocycles. The number of nitro benzene ring substituents is 1. The van der Waals surface area contributed by atoms with Crippen molar-refractivity contribution in [1.29, 1.82) is 0 Å². The van der Waals surface area contributed by atoms with Crippen molar-refractivity contribution < 1.29 is 14.1 Å². The number of hydrogen-bond donors (Lipinski definition) is 1. The Kier molecular flexibility index (Phi) is 5.21. The number of rotatable bonds is 5. The van der Waals surface area contributed by atoms with Crippen molar-refractivity contribution in [2.45, 2.75) is 0 Å². The van der Waals surface area contributed by atoms with Gasteiger partial charge in [0, 0.05) is 25.2 Å². The molecular weight excluding hydrogens is 436 g/mol. The van der Waals surface area contributed by atoms with Crippen LogP contribution in [-0.2, 0) is 4.74 Å². The van der Waals surface area contributed by atoms with Crippen molar-refractivity contribution in [3.8, 4) is 0 Å². The summed E-state index contributed by atoms with van der Waals surface area (Å²) in [5.74, 6) is 1.09. The molecule has 0 aliphatic carbocycles. The van der Waals surface area contributed by atoms with Crippen molar-refractivity contribution in [1.82, 2.24) is 9.97 Å². The molecule has 1 aliphatic rings. The van der Waals surface area contributed by atoms with Crippen LogP contribution < -0.4 is 15.8 Å². The summed E-state index contributed by atoms with van der Waals surface area (Å²) in [6.07, 6.45) is 2.53. The molecule has 0 atom stereocenters. The maximum atomic E-state index is 12.7. The van der Waals surface area contributed by atoms with Gasteiger partial charge in [0.1, 0.15) is 22.5 Å². The number of morpholine rings is 1. The summed E-state index contributed by atoms with van der Waals surface area (Å²) in [7, 11) is 0. The van der Waals surface area contributed by atoms with Crippen molar-refractivity contribution >= 4 is 56.2 Å². The highest BCUT2D eigenvalue weighted by molar-refractivity contribution is 7.16. The average Bonchev–Trinajstić information content (AvgIpc) is 3.29. The Hall–Kier alpha value is -3.90. The van der Waals surface area contributed by atoms with E-state index in [4.69, 9.17) is 9.15 Å². The Morgan fingerprint density at radius 3 is 2.88 bits per heavy atom. The second-order valence-electron chi connectivity index (χ2n) is 6.94. The Morgan fingerprint density at radius 1 is 1.22 bits per heavy atom. The van der Waals surface area contributed by atoms with Crippen LogP contribution >= 0.6 is 11.3 Å². The van der Waals surface area contributed by atoms with Gasteiger partial charge in [0.25, 0.3) is 5.69 Å². The normalized spacial score (nSPS) is 14.4. The third-order valence-electron chi connectivity index (χ3n) is 4.98. The number of non-ortho nitro benzene ring substituents is 1. The molecule has 3 aromatic heterocycles. The lowest BCUT2D eigenvalue weighted by Crippen LogP contribution is -2.37. The lowest BCUT2D eigenvalue weighted by Gasteiger charge is -2.28. The molecule has 12 heteroatoms. The number of thiophene rings is 1. The van der Waals surface area contributed by atoms with Crippen molar-refractivity contribution in [3.05, 3.63) is 61.8 Å². The standard InChI is InChI=1S/C20H16N6O5S/c27-17-12(11-31-16-2-1-13(26(28)29)9-15(16)17)10-21-24-20-22-18(25-4-6-30-7-5-25)14-3-8-32-19(14)23-20/h1-3,8-11H,4-7H2,(H,22,23,24)/b21-10+. The third-order valence-corrected chi connectivity index (χ3v) is 5.78. The number of hydrogen-bond acceptors (Lipinski definition) is 11. The second-order valence-corrected chi connectivity index (χ2v) is 7.83. The number of fused-ring (bicyclic) bond motifs is 2. The molecule has 1 N–H and O–H groups in total. The predicted molar refractivity (Wildman–Crippen MR) is 121 cm³/mol. The molecule has 162 valence electrons. The first-order valence-corrected chi connectivity index (χ1v) is 10.5. The Bertz CT molecular complexity index is 1410. The van der Waals surface area contributed by atoms with E-state index in [-0.39, 0.29) is 22.2 Å². The second kappa shape index (κ2) is 8.32. The number of hydrazone groups is 1. The largest absolute Gasteiger partial charge is 0.463 e. The zero-order chi connectivity index (χ0) is 22.1. The lowest BCUT2D eigenvalue weighted by atomic mass is 10.1. The Morgan fingerprint density at radius 2 is 2.06 bits per heavy atom. The van der Waals surface area contributed by atoms with Crippen molar-refractivity contribution in [2.24, 2.45) is 5.10 Å². The van der Waals surface area contributed by atoms with Crippen LogP contribution in [0.25, 0.3) is 21.2 Å². The number of anilines is 2. The highest BCUT2D eigenvalue weighted by atomic mass is 32.1. The van der Waals surface area contributed by atoms with Crippen LogP contribution in [0.5, 0.6) is 0 Å². The Labute approximate surface area is 184 Å². The van der Waals surface area contributed by atoms with Gasteiger partial charge >= 0.3 is 0 Å². The van der Waals surface area contributed by atoms with Gasteiger partial charge in [-0.15, -0.1) is 11.3 Å². The van der Waals surface area contributed by atoms with Crippen molar-refractivity contribution in [3.63, 3.8) is 0 Å².